The Hall–Kier alpha value is -2.48. The van der Waals surface area contributed by atoms with E-state index in [-0.39, 0.29) is 12.5 Å². The highest BCUT2D eigenvalue weighted by molar-refractivity contribution is 6.38. The average Bonchev–Trinajstić information content (AvgIpc) is 2.51. The minimum absolute atomic E-state index is 0.0294. The minimum atomic E-state index is -0.986. The molecule has 1 rings (SSSR count). The Balaban J connectivity index is 2.58. The first-order valence-electron chi connectivity index (χ1n) is 6.82. The number of Topliss-reactive ketones (excluding diaryl/α,β-unsaturated/α-hetero) is 1. The fourth-order valence-electron chi connectivity index (χ4n) is 1.74. The van der Waals surface area contributed by atoms with Gasteiger partial charge in [0.15, 0.2) is 0 Å². The van der Waals surface area contributed by atoms with Gasteiger partial charge in [0, 0.05) is 6.20 Å². The summed E-state index contributed by atoms with van der Waals surface area (Å²) in [7, 11) is 0. The number of carbonyl (C=O) groups is 3. The zero-order valence-electron chi connectivity index (χ0n) is 12.5. The summed E-state index contributed by atoms with van der Waals surface area (Å²) >= 11 is 0. The molecule has 8 heteroatoms. The van der Waals surface area contributed by atoms with Gasteiger partial charge in [-0.3, -0.25) is 20.0 Å². The number of nitrogens with two attached hydrogens (primary N) is 1. The number of hydrazine groups is 1. The number of aromatic nitrogens is 1. The second kappa shape index (κ2) is 8.73. The molecule has 0 fully saturated rings. The maximum absolute atomic E-state index is 11.8. The van der Waals surface area contributed by atoms with E-state index in [0.717, 1.165) is 0 Å². The average molecular weight is 308 g/mol. The van der Waals surface area contributed by atoms with Gasteiger partial charge >= 0.3 is 12.0 Å². The molecule has 0 unspecified atom stereocenters. The van der Waals surface area contributed by atoms with E-state index < -0.39 is 23.8 Å². The molecule has 22 heavy (non-hydrogen) atoms. The van der Waals surface area contributed by atoms with Crippen LogP contribution in [0.3, 0.4) is 0 Å². The quantitative estimate of drug-likeness (QED) is 0.288. The van der Waals surface area contributed by atoms with Crippen LogP contribution < -0.4 is 16.6 Å². The molecule has 0 aliphatic heterocycles. The van der Waals surface area contributed by atoms with Crippen LogP contribution in [-0.4, -0.2) is 28.8 Å². The number of alkyl carbamates (subject to hydrolysis) is 1. The molecule has 1 aromatic heterocycles. The lowest BCUT2D eigenvalue weighted by molar-refractivity contribution is -0.139. The van der Waals surface area contributed by atoms with Gasteiger partial charge in [0.2, 0.25) is 5.78 Å². The number of nitrogens with one attached hydrogen (secondary N) is 2. The van der Waals surface area contributed by atoms with E-state index in [4.69, 9.17) is 10.6 Å². The van der Waals surface area contributed by atoms with Crippen LogP contribution in [0.2, 0.25) is 0 Å². The van der Waals surface area contributed by atoms with Gasteiger partial charge in [-0.05, 0) is 24.5 Å². The highest BCUT2D eigenvalue weighted by atomic mass is 16.5. The van der Waals surface area contributed by atoms with Crippen LogP contribution in [0, 0.1) is 5.92 Å². The van der Waals surface area contributed by atoms with Crippen LogP contribution in [0.15, 0.2) is 24.4 Å². The third-order valence-corrected chi connectivity index (χ3v) is 2.75. The topological polar surface area (TPSA) is 123 Å². The van der Waals surface area contributed by atoms with E-state index in [1.54, 1.807) is 29.8 Å². The van der Waals surface area contributed by atoms with Crippen LogP contribution in [0.4, 0.5) is 4.79 Å². The molecule has 0 radical (unpaired) electrons. The normalized spacial score (nSPS) is 11.6. The Morgan fingerprint density at radius 2 is 2.05 bits per heavy atom. The van der Waals surface area contributed by atoms with Crippen LogP contribution in [-0.2, 0) is 20.9 Å². The summed E-state index contributed by atoms with van der Waals surface area (Å²) in [5.41, 5.74) is 2.33. The molecule has 1 aromatic rings. The number of carbonyl (C=O) groups excluding carboxylic acids is 3. The van der Waals surface area contributed by atoms with Gasteiger partial charge in [0.1, 0.15) is 12.6 Å². The lowest BCUT2D eigenvalue weighted by Crippen LogP contribution is -2.49. The largest absolute Gasteiger partial charge is 0.443 e. The molecule has 0 aliphatic rings. The fraction of sp³-hybridized carbons (Fsp3) is 0.429. The highest BCUT2D eigenvalue weighted by Crippen LogP contribution is 2.07. The predicted molar refractivity (Wildman–Crippen MR) is 78.1 cm³/mol. The van der Waals surface area contributed by atoms with Gasteiger partial charge in [-0.1, -0.05) is 19.9 Å². The molecule has 0 aromatic carbocycles. The number of amides is 2. The van der Waals surface area contributed by atoms with Crippen molar-refractivity contribution in [3.63, 3.8) is 0 Å². The Labute approximate surface area is 128 Å². The van der Waals surface area contributed by atoms with Crippen molar-refractivity contribution in [2.45, 2.75) is 32.9 Å². The molecule has 0 spiro atoms. The maximum Gasteiger partial charge on any atom is 0.408 e. The monoisotopic (exact) mass is 308 g/mol. The summed E-state index contributed by atoms with van der Waals surface area (Å²) in [6.07, 6.45) is 1.08. The molecular weight excluding hydrogens is 288 g/mol. The van der Waals surface area contributed by atoms with Crippen molar-refractivity contribution in [1.82, 2.24) is 15.7 Å². The molecule has 4 N–H and O–H groups in total. The Bertz CT molecular complexity index is 519. The number of ketones is 1. The molecule has 8 nitrogen and oxygen atoms in total. The zero-order chi connectivity index (χ0) is 16.5. The molecule has 120 valence electrons. The molecule has 2 amide bonds. The van der Waals surface area contributed by atoms with E-state index in [1.165, 1.54) is 0 Å². The van der Waals surface area contributed by atoms with Crippen molar-refractivity contribution in [3.05, 3.63) is 30.1 Å². The van der Waals surface area contributed by atoms with E-state index in [0.29, 0.717) is 12.1 Å². The van der Waals surface area contributed by atoms with Crippen LogP contribution in [0.1, 0.15) is 26.0 Å². The first-order chi connectivity index (χ1) is 10.4. The van der Waals surface area contributed by atoms with E-state index >= 15 is 0 Å². The maximum atomic E-state index is 11.8. The van der Waals surface area contributed by atoms with Gasteiger partial charge in [0.25, 0.3) is 0 Å². The van der Waals surface area contributed by atoms with Crippen LogP contribution >= 0.6 is 0 Å². The molecule has 0 saturated carbocycles. The van der Waals surface area contributed by atoms with Gasteiger partial charge in [-0.15, -0.1) is 0 Å². The third-order valence-electron chi connectivity index (χ3n) is 2.75. The Kier molecular flexibility index (Phi) is 6.97. The van der Waals surface area contributed by atoms with Gasteiger partial charge < -0.3 is 10.1 Å². The van der Waals surface area contributed by atoms with Crippen molar-refractivity contribution < 1.29 is 19.1 Å². The number of hydrogen-bond acceptors (Lipinski definition) is 6. The predicted octanol–water partition coefficient (Wildman–Crippen LogP) is 0.282. The molecule has 1 atom stereocenters. The van der Waals surface area contributed by atoms with Crippen molar-refractivity contribution in [2.24, 2.45) is 11.8 Å². The van der Waals surface area contributed by atoms with Crippen molar-refractivity contribution >= 4 is 17.8 Å². The van der Waals surface area contributed by atoms with Crippen molar-refractivity contribution in [1.29, 1.82) is 0 Å². The lowest BCUT2D eigenvalue weighted by atomic mass is 10.00. The second-order valence-corrected chi connectivity index (χ2v) is 5.06. The number of pyridine rings is 1. The van der Waals surface area contributed by atoms with E-state index in [1.807, 2.05) is 13.8 Å². The molecular formula is C14H20N4O4. The van der Waals surface area contributed by atoms with E-state index in [2.05, 4.69) is 10.3 Å². The highest BCUT2D eigenvalue weighted by Gasteiger charge is 2.27. The van der Waals surface area contributed by atoms with Crippen molar-refractivity contribution in [2.75, 3.05) is 0 Å². The summed E-state index contributed by atoms with van der Waals surface area (Å²) in [5.74, 6) is 3.25. The number of ether oxygens (including phenoxy) is 1. The number of hydrogen-bond donors (Lipinski definition) is 3. The molecule has 1 heterocycles. The first kappa shape index (κ1) is 17.6. The van der Waals surface area contributed by atoms with Gasteiger partial charge in [-0.2, -0.15) is 0 Å². The summed E-state index contributed by atoms with van der Waals surface area (Å²) in [5, 5.41) is 2.38. The SMILES string of the molecule is CC(C)C[C@H](NC(=O)OCc1ccccn1)C(=O)C(=O)NN. The second-order valence-electron chi connectivity index (χ2n) is 5.06. The van der Waals surface area contributed by atoms with Crippen LogP contribution in [0.5, 0.6) is 0 Å². The lowest BCUT2D eigenvalue weighted by Gasteiger charge is -2.18. The Morgan fingerprint density at radius 1 is 1.32 bits per heavy atom. The summed E-state index contributed by atoms with van der Waals surface area (Å²) in [6.45, 7) is 3.70. The summed E-state index contributed by atoms with van der Waals surface area (Å²) in [6, 6.07) is 4.22. The molecule has 0 bridgehead atoms. The van der Waals surface area contributed by atoms with Crippen LogP contribution in [0.25, 0.3) is 0 Å². The van der Waals surface area contributed by atoms with Gasteiger partial charge in [0.05, 0.1) is 5.69 Å². The first-order valence-corrected chi connectivity index (χ1v) is 6.82. The van der Waals surface area contributed by atoms with Crippen molar-refractivity contribution in [3.8, 4) is 0 Å². The smallest absolute Gasteiger partial charge is 0.408 e. The number of nitrogens with zero attached hydrogens (tertiary/aromatic N) is 1. The summed E-state index contributed by atoms with van der Waals surface area (Å²) < 4.78 is 4.98. The van der Waals surface area contributed by atoms with E-state index in [9.17, 15) is 14.4 Å². The molecule has 0 aliphatic carbocycles. The fourth-order valence-corrected chi connectivity index (χ4v) is 1.74. The summed E-state index contributed by atoms with van der Waals surface area (Å²) in [4.78, 5) is 38.9. The minimum Gasteiger partial charge on any atom is -0.443 e. The third kappa shape index (κ3) is 5.88. The molecule has 0 saturated heterocycles. The Morgan fingerprint density at radius 3 is 2.59 bits per heavy atom. The number of rotatable bonds is 7. The van der Waals surface area contributed by atoms with Gasteiger partial charge in [-0.25, -0.2) is 10.6 Å². The zero-order valence-corrected chi connectivity index (χ0v) is 12.5. The standard InChI is InChI=1S/C14H20N4O4/c1-9(2)7-11(12(19)13(20)18-15)17-14(21)22-8-10-5-3-4-6-16-10/h3-6,9,11H,7-8,15H2,1-2H3,(H,17,21)(H,18,20)/t11-/m0/s1.